The predicted octanol–water partition coefficient (Wildman–Crippen LogP) is 5.54. The number of hydrogen-bond acceptors (Lipinski definition) is 7. The lowest BCUT2D eigenvalue weighted by atomic mass is 10.2. The largest absolute Gasteiger partial charge is 0.497 e. The van der Waals surface area contributed by atoms with Crippen molar-refractivity contribution in [3.8, 4) is 23.0 Å². The quantitative estimate of drug-likeness (QED) is 0.224. The Morgan fingerprint density at radius 3 is 2.53 bits per heavy atom. The van der Waals surface area contributed by atoms with Gasteiger partial charge in [0, 0.05) is 12.6 Å². The molecule has 6 nitrogen and oxygen atoms in total. The number of ether oxygens (including phenoxy) is 4. The Labute approximate surface area is 206 Å². The summed E-state index contributed by atoms with van der Waals surface area (Å²) >= 11 is 10.2. The fourth-order valence-corrected chi connectivity index (χ4v) is 4.95. The fraction of sp³-hybridized carbons (Fsp3) is 0.304. The lowest BCUT2D eigenvalue weighted by Crippen LogP contribution is -2.27. The van der Waals surface area contributed by atoms with Crippen LogP contribution >= 0.6 is 39.9 Å². The summed E-state index contributed by atoms with van der Waals surface area (Å²) in [5.41, 5.74) is 0.817. The number of thioether (sulfide) groups is 1. The zero-order valence-corrected chi connectivity index (χ0v) is 21.3. The molecule has 2 aromatic rings. The molecule has 0 atom stereocenters. The fourth-order valence-electron chi connectivity index (χ4n) is 2.99. The summed E-state index contributed by atoms with van der Waals surface area (Å²) in [6.07, 6.45) is 1.82. The van der Waals surface area contributed by atoms with E-state index in [0.29, 0.717) is 52.8 Å². The Kier molecular flexibility index (Phi) is 8.84. The molecule has 2 aromatic carbocycles. The van der Waals surface area contributed by atoms with Gasteiger partial charge in [-0.1, -0.05) is 30.0 Å². The van der Waals surface area contributed by atoms with E-state index in [9.17, 15) is 4.79 Å². The average Bonchev–Trinajstić information content (AvgIpc) is 3.05. The van der Waals surface area contributed by atoms with Crippen molar-refractivity contribution in [3.05, 3.63) is 51.3 Å². The molecule has 1 aliphatic heterocycles. The first-order valence-electron chi connectivity index (χ1n) is 10.1. The second-order valence-electron chi connectivity index (χ2n) is 6.56. The van der Waals surface area contributed by atoms with Crippen LogP contribution in [0, 0.1) is 0 Å². The highest BCUT2D eigenvalue weighted by molar-refractivity contribution is 9.10. The Hall–Kier alpha value is -2.23. The molecule has 1 saturated heterocycles. The normalized spacial score (nSPS) is 14.8. The highest BCUT2D eigenvalue weighted by atomic mass is 79.9. The van der Waals surface area contributed by atoms with Crippen molar-refractivity contribution in [1.82, 2.24) is 4.90 Å². The van der Waals surface area contributed by atoms with Gasteiger partial charge in [-0.2, -0.15) is 0 Å². The number of likely N-dealkylation sites (N-methyl/N-ethyl adjacent to an activating group) is 1. The minimum absolute atomic E-state index is 0.0772. The van der Waals surface area contributed by atoms with Gasteiger partial charge in [0.2, 0.25) is 0 Å². The Bertz CT molecular complexity index is 1030. The molecule has 0 saturated carbocycles. The zero-order chi connectivity index (χ0) is 23.1. The van der Waals surface area contributed by atoms with Crippen LogP contribution < -0.4 is 18.9 Å². The van der Waals surface area contributed by atoms with Gasteiger partial charge in [0.1, 0.15) is 29.0 Å². The molecule has 32 heavy (non-hydrogen) atoms. The molecule has 0 spiro atoms. The standard InChI is InChI=1S/C23H24BrNO5S2/c1-4-25-22(26)20(32-23(25)31)13-15-11-18(24)21(19(12-15)28-5-2)30-10-9-29-17-8-6-7-16(14-17)27-3/h6-8,11-14H,4-5,9-10H2,1-3H3/b20-13-. The molecule has 1 heterocycles. The monoisotopic (exact) mass is 537 g/mol. The Morgan fingerprint density at radius 2 is 1.84 bits per heavy atom. The van der Waals surface area contributed by atoms with Crippen molar-refractivity contribution in [2.24, 2.45) is 0 Å². The van der Waals surface area contributed by atoms with E-state index < -0.39 is 0 Å². The first-order chi connectivity index (χ1) is 15.5. The van der Waals surface area contributed by atoms with Crippen molar-refractivity contribution >= 4 is 56.2 Å². The summed E-state index contributed by atoms with van der Waals surface area (Å²) in [5, 5.41) is 0. The van der Waals surface area contributed by atoms with Crippen molar-refractivity contribution in [3.63, 3.8) is 0 Å². The maximum absolute atomic E-state index is 12.5. The van der Waals surface area contributed by atoms with E-state index in [1.807, 2.05) is 56.3 Å². The van der Waals surface area contributed by atoms with Gasteiger partial charge in [0.25, 0.3) is 5.91 Å². The summed E-state index contributed by atoms with van der Waals surface area (Å²) in [6, 6.07) is 11.1. The molecule has 0 N–H and O–H groups in total. The molecule has 9 heteroatoms. The predicted molar refractivity (Wildman–Crippen MR) is 135 cm³/mol. The number of thiocarbonyl (C=S) groups is 1. The summed E-state index contributed by atoms with van der Waals surface area (Å²) in [5.74, 6) is 2.53. The van der Waals surface area contributed by atoms with Gasteiger partial charge in [-0.05, 0) is 65.7 Å². The van der Waals surface area contributed by atoms with Crippen LogP contribution in [0.25, 0.3) is 6.08 Å². The lowest BCUT2D eigenvalue weighted by molar-refractivity contribution is -0.121. The smallest absolute Gasteiger partial charge is 0.266 e. The lowest BCUT2D eigenvalue weighted by Gasteiger charge is -2.15. The van der Waals surface area contributed by atoms with Crippen LogP contribution in [0.1, 0.15) is 19.4 Å². The highest BCUT2D eigenvalue weighted by Gasteiger charge is 2.30. The number of carbonyl (C=O) groups excluding carboxylic acids is 1. The maximum atomic E-state index is 12.5. The van der Waals surface area contributed by atoms with Gasteiger partial charge in [-0.3, -0.25) is 9.69 Å². The summed E-state index contributed by atoms with van der Waals surface area (Å²) in [7, 11) is 1.62. The van der Waals surface area contributed by atoms with Crippen LogP contribution in [-0.4, -0.2) is 48.6 Å². The molecule has 170 valence electrons. The van der Waals surface area contributed by atoms with Crippen molar-refractivity contribution in [2.75, 3.05) is 33.5 Å². The van der Waals surface area contributed by atoms with E-state index in [1.54, 1.807) is 12.0 Å². The van der Waals surface area contributed by atoms with Gasteiger partial charge in [-0.25, -0.2) is 0 Å². The first kappa shape index (κ1) is 24.4. The third kappa shape index (κ3) is 5.96. The van der Waals surface area contributed by atoms with Crippen LogP contribution in [0.5, 0.6) is 23.0 Å². The molecule has 1 amide bonds. The Balaban J connectivity index is 1.71. The van der Waals surface area contributed by atoms with Crippen LogP contribution in [0.15, 0.2) is 45.8 Å². The topological polar surface area (TPSA) is 57.2 Å². The minimum Gasteiger partial charge on any atom is -0.497 e. The van der Waals surface area contributed by atoms with Gasteiger partial charge >= 0.3 is 0 Å². The van der Waals surface area contributed by atoms with Crippen molar-refractivity contribution < 1.29 is 23.7 Å². The number of amides is 1. The maximum Gasteiger partial charge on any atom is 0.266 e. The molecular formula is C23H24BrNO5S2. The van der Waals surface area contributed by atoms with Gasteiger partial charge in [-0.15, -0.1) is 0 Å². The van der Waals surface area contributed by atoms with Crippen LogP contribution in [-0.2, 0) is 4.79 Å². The van der Waals surface area contributed by atoms with Crippen molar-refractivity contribution in [2.45, 2.75) is 13.8 Å². The van der Waals surface area contributed by atoms with Gasteiger partial charge in [0.05, 0.1) is 23.1 Å². The molecule has 0 aromatic heterocycles. The van der Waals surface area contributed by atoms with E-state index in [1.165, 1.54) is 11.8 Å². The second-order valence-corrected chi connectivity index (χ2v) is 9.09. The molecule has 0 radical (unpaired) electrons. The first-order valence-corrected chi connectivity index (χ1v) is 12.1. The third-order valence-electron chi connectivity index (χ3n) is 4.46. The molecule has 0 unspecified atom stereocenters. The number of hydrogen-bond donors (Lipinski definition) is 0. The molecule has 0 aliphatic carbocycles. The molecule has 0 bridgehead atoms. The molecule has 3 rings (SSSR count). The SMILES string of the molecule is CCOc1cc(/C=C2\SC(=S)N(CC)C2=O)cc(Br)c1OCCOc1cccc(OC)c1. The summed E-state index contributed by atoms with van der Waals surface area (Å²) < 4.78 is 24.0. The van der Waals surface area contributed by atoms with Crippen LogP contribution in [0.3, 0.4) is 0 Å². The number of carbonyl (C=O) groups is 1. The van der Waals surface area contributed by atoms with E-state index in [0.717, 1.165) is 15.8 Å². The number of rotatable bonds is 10. The molecular weight excluding hydrogens is 514 g/mol. The average molecular weight is 538 g/mol. The Morgan fingerprint density at radius 1 is 1.09 bits per heavy atom. The van der Waals surface area contributed by atoms with E-state index in [-0.39, 0.29) is 5.91 Å². The zero-order valence-electron chi connectivity index (χ0n) is 18.1. The highest BCUT2D eigenvalue weighted by Crippen LogP contribution is 2.39. The molecule has 1 aliphatic rings. The van der Waals surface area contributed by atoms with Gasteiger partial charge < -0.3 is 18.9 Å². The number of benzene rings is 2. The van der Waals surface area contributed by atoms with Crippen LogP contribution in [0.2, 0.25) is 0 Å². The minimum atomic E-state index is -0.0772. The van der Waals surface area contributed by atoms with Crippen LogP contribution in [0.4, 0.5) is 0 Å². The third-order valence-corrected chi connectivity index (χ3v) is 6.43. The summed E-state index contributed by atoms with van der Waals surface area (Å²) in [6.45, 7) is 5.52. The number of nitrogens with zero attached hydrogens (tertiary/aromatic N) is 1. The van der Waals surface area contributed by atoms with E-state index in [2.05, 4.69) is 15.9 Å². The number of halogens is 1. The van der Waals surface area contributed by atoms with E-state index >= 15 is 0 Å². The molecule has 1 fully saturated rings. The van der Waals surface area contributed by atoms with E-state index in [4.69, 9.17) is 31.2 Å². The second kappa shape index (κ2) is 11.6. The number of methoxy groups -OCH3 is 1. The van der Waals surface area contributed by atoms with Crippen molar-refractivity contribution in [1.29, 1.82) is 0 Å². The summed E-state index contributed by atoms with van der Waals surface area (Å²) in [4.78, 5) is 14.7. The van der Waals surface area contributed by atoms with Gasteiger partial charge in [0.15, 0.2) is 11.5 Å².